The predicted octanol–water partition coefficient (Wildman–Crippen LogP) is 0.161. The van der Waals surface area contributed by atoms with E-state index in [1.807, 2.05) is 0 Å². The quantitative estimate of drug-likeness (QED) is 0.730. The van der Waals surface area contributed by atoms with Crippen LogP contribution in [-0.4, -0.2) is 33.5 Å². The third-order valence-electron chi connectivity index (χ3n) is 4.30. The van der Waals surface area contributed by atoms with Crippen LogP contribution < -0.4 is 21.5 Å². The highest BCUT2D eigenvalue weighted by molar-refractivity contribution is 5.95. The summed E-state index contributed by atoms with van der Waals surface area (Å²) in [5, 5.41) is 9.23. The molecule has 8 heteroatoms. The first-order chi connectivity index (χ1) is 11.2. The number of amides is 1. The minimum atomic E-state index is -0.675. The van der Waals surface area contributed by atoms with E-state index in [1.165, 1.54) is 6.33 Å². The zero-order valence-corrected chi connectivity index (χ0v) is 12.4. The molecule has 8 nitrogen and oxygen atoms in total. The predicted molar refractivity (Wildman–Crippen MR) is 83.6 cm³/mol. The van der Waals surface area contributed by atoms with E-state index in [9.17, 15) is 9.59 Å². The molecule has 1 amide bonds. The van der Waals surface area contributed by atoms with Crippen molar-refractivity contribution >= 4 is 17.4 Å². The van der Waals surface area contributed by atoms with Gasteiger partial charge in [0.1, 0.15) is 29.2 Å². The minimum Gasteiger partial charge on any atom is -0.336 e. The number of rotatable bonds is 2. The van der Waals surface area contributed by atoms with Gasteiger partial charge in [0, 0.05) is 12.7 Å². The number of carbonyl (C=O) groups is 1. The van der Waals surface area contributed by atoms with Gasteiger partial charge >= 0.3 is 0 Å². The maximum Gasteiger partial charge on any atom is 0.276 e. The molecule has 0 radical (unpaired) electrons. The molecule has 23 heavy (non-hydrogen) atoms. The van der Waals surface area contributed by atoms with E-state index >= 15 is 0 Å². The van der Waals surface area contributed by atoms with Crippen molar-refractivity contribution in [2.75, 3.05) is 18.4 Å². The highest BCUT2D eigenvalue weighted by Crippen LogP contribution is 2.28. The summed E-state index contributed by atoms with van der Waals surface area (Å²) in [5.41, 5.74) is -0.130. The average molecular weight is 312 g/mol. The van der Waals surface area contributed by atoms with Crippen LogP contribution in [0.25, 0.3) is 0 Å². The molecule has 3 N–H and O–H groups in total. The molecular formula is C15H16N6O2. The Morgan fingerprint density at radius 2 is 2.17 bits per heavy atom. The molecule has 4 heterocycles. The van der Waals surface area contributed by atoms with Crippen LogP contribution in [0.2, 0.25) is 0 Å². The van der Waals surface area contributed by atoms with Gasteiger partial charge in [-0.15, -0.1) is 0 Å². The number of aromatic nitrogens is 3. The molecule has 1 saturated heterocycles. The van der Waals surface area contributed by atoms with E-state index in [0.717, 1.165) is 19.4 Å². The van der Waals surface area contributed by atoms with Crippen LogP contribution in [0.15, 0.2) is 35.5 Å². The molecule has 1 fully saturated rings. The summed E-state index contributed by atoms with van der Waals surface area (Å²) in [5.74, 6) is 0.324. The van der Waals surface area contributed by atoms with Crippen LogP contribution in [0.3, 0.4) is 0 Å². The monoisotopic (exact) mass is 312 g/mol. The van der Waals surface area contributed by atoms with E-state index in [4.69, 9.17) is 0 Å². The van der Waals surface area contributed by atoms with E-state index in [2.05, 4.69) is 25.9 Å². The van der Waals surface area contributed by atoms with Crippen molar-refractivity contribution in [3.63, 3.8) is 0 Å². The van der Waals surface area contributed by atoms with Crippen molar-refractivity contribution in [1.82, 2.24) is 25.2 Å². The second-order valence-electron chi connectivity index (χ2n) is 5.76. The highest BCUT2D eigenvalue weighted by Gasteiger charge is 2.44. The highest BCUT2D eigenvalue weighted by atomic mass is 16.2. The van der Waals surface area contributed by atoms with Gasteiger partial charge in [0.05, 0.1) is 0 Å². The van der Waals surface area contributed by atoms with Crippen molar-refractivity contribution in [3.05, 3.63) is 46.8 Å². The van der Waals surface area contributed by atoms with Gasteiger partial charge in [0.2, 0.25) is 0 Å². The van der Waals surface area contributed by atoms with Crippen molar-refractivity contribution in [3.8, 4) is 0 Å². The van der Waals surface area contributed by atoms with Gasteiger partial charge in [0.25, 0.3) is 11.5 Å². The first-order valence-corrected chi connectivity index (χ1v) is 7.52. The topological polar surface area (TPSA) is 101 Å². The first-order valence-electron chi connectivity index (χ1n) is 7.52. The molecule has 118 valence electrons. The Morgan fingerprint density at radius 1 is 1.26 bits per heavy atom. The summed E-state index contributed by atoms with van der Waals surface area (Å²) in [7, 11) is 0. The van der Waals surface area contributed by atoms with Crippen molar-refractivity contribution < 1.29 is 4.79 Å². The minimum absolute atomic E-state index is 0.209. The van der Waals surface area contributed by atoms with E-state index in [1.54, 1.807) is 29.0 Å². The molecule has 0 aliphatic carbocycles. The Balaban J connectivity index is 1.80. The number of nitrogens with zero attached hydrogens (tertiary/aromatic N) is 3. The summed E-state index contributed by atoms with van der Waals surface area (Å²) in [6, 6.07) is 4.97. The molecule has 0 aromatic carbocycles. The molecule has 4 rings (SSSR count). The fraction of sp³-hybridized carbons (Fsp3) is 0.333. The van der Waals surface area contributed by atoms with E-state index < -0.39 is 5.66 Å². The maximum absolute atomic E-state index is 12.9. The number of piperidine rings is 1. The Kier molecular flexibility index (Phi) is 3.12. The molecule has 2 aromatic rings. The van der Waals surface area contributed by atoms with E-state index in [0.29, 0.717) is 23.7 Å². The largest absolute Gasteiger partial charge is 0.336 e. The molecule has 0 bridgehead atoms. The number of fused-ring (bicyclic) bond motifs is 2. The fourth-order valence-electron chi connectivity index (χ4n) is 3.26. The number of hydrogen-bond acceptors (Lipinski definition) is 6. The van der Waals surface area contributed by atoms with Crippen molar-refractivity contribution in [1.29, 1.82) is 0 Å². The van der Waals surface area contributed by atoms with E-state index in [-0.39, 0.29) is 11.5 Å². The zero-order chi connectivity index (χ0) is 15.9. The van der Waals surface area contributed by atoms with Crippen LogP contribution in [0.1, 0.15) is 23.3 Å². The lowest BCUT2D eigenvalue weighted by Crippen LogP contribution is -2.56. The number of hydrogen-bond donors (Lipinski definition) is 3. The standard InChI is InChI=1S/C15H16N6O2/c22-13-11-3-2-10(19-12-4-7-17-9-18-12)14(23)21(11)15(20-13)5-1-6-16-8-15/h2-4,7,9,16H,1,5-6,8H2,(H,20,22)(H,17,18,19). The average Bonchev–Trinajstić information content (AvgIpc) is 2.84. The molecule has 2 aliphatic heterocycles. The lowest BCUT2D eigenvalue weighted by atomic mass is 10.00. The fourth-order valence-corrected chi connectivity index (χ4v) is 3.26. The van der Waals surface area contributed by atoms with Crippen LogP contribution in [-0.2, 0) is 5.66 Å². The van der Waals surface area contributed by atoms with Gasteiger partial charge in [-0.05, 0) is 37.6 Å². The summed E-state index contributed by atoms with van der Waals surface area (Å²) in [6.45, 7) is 1.43. The second kappa shape index (κ2) is 5.17. The number of anilines is 2. The number of pyridine rings is 1. The molecule has 1 spiro atoms. The van der Waals surface area contributed by atoms with Crippen LogP contribution in [0, 0.1) is 0 Å². The summed E-state index contributed by atoms with van der Waals surface area (Å²) in [4.78, 5) is 33.1. The van der Waals surface area contributed by atoms with Crippen LogP contribution >= 0.6 is 0 Å². The Bertz CT molecular complexity index is 810. The zero-order valence-electron chi connectivity index (χ0n) is 12.4. The smallest absolute Gasteiger partial charge is 0.276 e. The second-order valence-corrected chi connectivity index (χ2v) is 5.76. The Hall–Kier alpha value is -2.74. The lowest BCUT2D eigenvalue weighted by molar-refractivity contribution is 0.0892. The van der Waals surface area contributed by atoms with Gasteiger partial charge in [-0.2, -0.15) is 0 Å². The van der Waals surface area contributed by atoms with Crippen molar-refractivity contribution in [2.45, 2.75) is 18.5 Å². The third-order valence-corrected chi connectivity index (χ3v) is 4.30. The van der Waals surface area contributed by atoms with Gasteiger partial charge in [-0.3, -0.25) is 14.2 Å². The first kappa shape index (κ1) is 13.9. The SMILES string of the molecule is O=C1NC2(CCCNC2)n2c1ccc(Nc1ccncn1)c2=O. The molecule has 2 aromatic heterocycles. The summed E-state index contributed by atoms with van der Waals surface area (Å²) in [6.07, 6.45) is 4.63. The lowest BCUT2D eigenvalue weighted by Gasteiger charge is -2.35. The van der Waals surface area contributed by atoms with Gasteiger partial charge in [-0.1, -0.05) is 0 Å². The van der Waals surface area contributed by atoms with Gasteiger partial charge in [0.15, 0.2) is 0 Å². The number of nitrogens with one attached hydrogen (secondary N) is 3. The third kappa shape index (κ3) is 2.18. The van der Waals surface area contributed by atoms with Crippen molar-refractivity contribution in [2.24, 2.45) is 0 Å². The number of carbonyl (C=O) groups excluding carboxylic acids is 1. The Labute approximate surface area is 132 Å². The molecular weight excluding hydrogens is 296 g/mol. The van der Waals surface area contributed by atoms with Crippen LogP contribution in [0.5, 0.6) is 0 Å². The maximum atomic E-state index is 12.9. The van der Waals surface area contributed by atoms with Gasteiger partial charge < -0.3 is 16.0 Å². The molecule has 1 atom stereocenters. The van der Waals surface area contributed by atoms with Crippen LogP contribution in [0.4, 0.5) is 11.5 Å². The molecule has 2 aliphatic rings. The summed E-state index contributed by atoms with van der Waals surface area (Å²) < 4.78 is 1.57. The normalized spacial score (nSPS) is 22.7. The summed E-state index contributed by atoms with van der Waals surface area (Å²) >= 11 is 0. The Morgan fingerprint density at radius 3 is 2.91 bits per heavy atom. The molecule has 0 saturated carbocycles. The molecule has 1 unspecified atom stereocenters. The van der Waals surface area contributed by atoms with Gasteiger partial charge in [-0.25, -0.2) is 9.97 Å².